The smallest absolute Gasteiger partial charge is 0.338 e. The molecule has 1 saturated carbocycles. The molecule has 1 aliphatic carbocycles. The van der Waals surface area contributed by atoms with Crippen molar-refractivity contribution in [2.45, 2.75) is 50.1 Å². The fourth-order valence-corrected chi connectivity index (χ4v) is 3.23. The lowest BCUT2D eigenvalue weighted by Crippen LogP contribution is -2.41. The molecule has 108 valence electrons. The van der Waals surface area contributed by atoms with E-state index in [1.807, 2.05) is 0 Å². The standard InChI is InChI=1S/C15H17ClO4/c1-14(13(17)18)12(10-4-6-11(16)7-5-10)19-15(20-14)8-2-3-9-15/h4-7,12H,2-3,8-9H2,1H3,(H,17,18)/t12-,14+/m1/s1. The average molecular weight is 297 g/mol. The van der Waals surface area contributed by atoms with Crippen LogP contribution in [-0.2, 0) is 14.3 Å². The van der Waals surface area contributed by atoms with Gasteiger partial charge in [0.1, 0.15) is 6.10 Å². The number of carboxylic acids is 1. The van der Waals surface area contributed by atoms with E-state index in [2.05, 4.69) is 0 Å². The first-order valence-corrected chi connectivity index (χ1v) is 7.20. The van der Waals surface area contributed by atoms with Gasteiger partial charge in [-0.2, -0.15) is 0 Å². The Bertz CT molecular complexity index is 521. The first kappa shape index (κ1) is 13.9. The van der Waals surface area contributed by atoms with Crippen LogP contribution >= 0.6 is 11.6 Å². The predicted octanol–water partition coefficient (Wildman–Crippen LogP) is 3.54. The summed E-state index contributed by atoms with van der Waals surface area (Å²) in [5.41, 5.74) is -0.582. The first-order valence-electron chi connectivity index (χ1n) is 6.82. The topological polar surface area (TPSA) is 55.8 Å². The molecule has 1 saturated heterocycles. The van der Waals surface area contributed by atoms with Gasteiger partial charge in [-0.25, -0.2) is 4.79 Å². The number of aliphatic carboxylic acids is 1. The minimum Gasteiger partial charge on any atom is -0.479 e. The lowest BCUT2D eigenvalue weighted by Gasteiger charge is -2.25. The van der Waals surface area contributed by atoms with Crippen molar-refractivity contribution in [2.24, 2.45) is 0 Å². The maximum absolute atomic E-state index is 11.7. The molecule has 1 heterocycles. The van der Waals surface area contributed by atoms with Crippen molar-refractivity contribution >= 4 is 17.6 Å². The zero-order valence-electron chi connectivity index (χ0n) is 11.3. The molecule has 1 aromatic carbocycles. The van der Waals surface area contributed by atoms with E-state index >= 15 is 0 Å². The maximum Gasteiger partial charge on any atom is 0.338 e. The predicted molar refractivity (Wildman–Crippen MR) is 73.6 cm³/mol. The van der Waals surface area contributed by atoms with Crippen molar-refractivity contribution in [1.82, 2.24) is 0 Å². The molecule has 0 unspecified atom stereocenters. The van der Waals surface area contributed by atoms with Gasteiger partial charge in [0.05, 0.1) is 0 Å². The third-order valence-electron chi connectivity index (χ3n) is 4.19. The Balaban J connectivity index is 1.98. The van der Waals surface area contributed by atoms with Crippen molar-refractivity contribution in [3.05, 3.63) is 34.9 Å². The molecule has 3 rings (SSSR count). The molecule has 4 nitrogen and oxygen atoms in total. The molecule has 2 fully saturated rings. The SMILES string of the molecule is C[C@]1(C(=O)O)OC2(CCCC2)O[C@@H]1c1ccc(Cl)cc1. The van der Waals surface area contributed by atoms with Crippen LogP contribution in [-0.4, -0.2) is 22.5 Å². The Morgan fingerprint density at radius 1 is 1.30 bits per heavy atom. The average Bonchev–Trinajstić information content (AvgIpc) is 2.97. The van der Waals surface area contributed by atoms with E-state index in [9.17, 15) is 9.90 Å². The van der Waals surface area contributed by atoms with Gasteiger partial charge in [0.15, 0.2) is 11.4 Å². The third kappa shape index (κ3) is 2.12. The lowest BCUT2D eigenvalue weighted by molar-refractivity contribution is -0.194. The molecule has 2 aliphatic rings. The number of halogens is 1. The number of carbonyl (C=O) groups is 1. The summed E-state index contributed by atoms with van der Waals surface area (Å²) in [6, 6.07) is 7.07. The summed E-state index contributed by atoms with van der Waals surface area (Å²) in [6.07, 6.45) is 2.89. The van der Waals surface area contributed by atoms with Crippen molar-refractivity contribution in [3.63, 3.8) is 0 Å². The van der Waals surface area contributed by atoms with Gasteiger partial charge >= 0.3 is 5.97 Å². The second-order valence-electron chi connectivity index (χ2n) is 5.68. The van der Waals surface area contributed by atoms with E-state index in [0.717, 1.165) is 31.2 Å². The molecule has 20 heavy (non-hydrogen) atoms. The zero-order valence-corrected chi connectivity index (χ0v) is 12.0. The second kappa shape index (κ2) is 4.72. The summed E-state index contributed by atoms with van der Waals surface area (Å²) in [7, 11) is 0. The number of hydrogen-bond donors (Lipinski definition) is 1. The zero-order chi connectivity index (χ0) is 14.4. The molecule has 2 atom stereocenters. The molecular weight excluding hydrogens is 280 g/mol. The van der Waals surface area contributed by atoms with Crippen LogP contribution in [0.2, 0.25) is 5.02 Å². The highest BCUT2D eigenvalue weighted by Crippen LogP contribution is 2.52. The van der Waals surface area contributed by atoms with E-state index < -0.39 is 23.5 Å². The summed E-state index contributed by atoms with van der Waals surface area (Å²) in [5.74, 6) is -1.74. The summed E-state index contributed by atoms with van der Waals surface area (Å²) < 4.78 is 12.0. The minimum absolute atomic E-state index is 0.611. The van der Waals surface area contributed by atoms with Gasteiger partial charge in [-0.1, -0.05) is 23.7 Å². The molecule has 1 spiro atoms. The van der Waals surface area contributed by atoms with Crippen LogP contribution < -0.4 is 0 Å². The fourth-order valence-electron chi connectivity index (χ4n) is 3.10. The first-order chi connectivity index (χ1) is 9.45. The van der Waals surface area contributed by atoms with Gasteiger partial charge in [0.25, 0.3) is 0 Å². The van der Waals surface area contributed by atoms with E-state index in [1.165, 1.54) is 0 Å². The Morgan fingerprint density at radius 3 is 2.45 bits per heavy atom. The number of carboxylic acid groups (broad SMARTS) is 1. The van der Waals surface area contributed by atoms with Gasteiger partial charge in [0, 0.05) is 17.9 Å². The van der Waals surface area contributed by atoms with Crippen LogP contribution in [0.1, 0.15) is 44.3 Å². The van der Waals surface area contributed by atoms with Crippen molar-refractivity contribution in [2.75, 3.05) is 0 Å². The molecule has 0 radical (unpaired) electrons. The Kier molecular flexibility index (Phi) is 3.27. The Hall–Kier alpha value is -1.10. The highest BCUT2D eigenvalue weighted by atomic mass is 35.5. The highest BCUT2D eigenvalue weighted by Gasteiger charge is 2.60. The van der Waals surface area contributed by atoms with E-state index in [-0.39, 0.29) is 0 Å². The van der Waals surface area contributed by atoms with E-state index in [4.69, 9.17) is 21.1 Å². The van der Waals surface area contributed by atoms with Crippen LogP contribution in [0.15, 0.2) is 24.3 Å². The summed E-state index contributed by atoms with van der Waals surface area (Å²) in [6.45, 7) is 1.58. The monoisotopic (exact) mass is 296 g/mol. The van der Waals surface area contributed by atoms with E-state index in [1.54, 1.807) is 31.2 Å². The molecule has 1 aromatic rings. The lowest BCUT2D eigenvalue weighted by atomic mass is 9.93. The van der Waals surface area contributed by atoms with E-state index in [0.29, 0.717) is 5.02 Å². The molecule has 0 amide bonds. The summed E-state index contributed by atoms with van der Waals surface area (Å²) in [4.78, 5) is 11.7. The van der Waals surface area contributed by atoms with Crippen LogP contribution in [0, 0.1) is 0 Å². The maximum atomic E-state index is 11.7. The summed E-state index contributed by atoms with van der Waals surface area (Å²) in [5, 5.41) is 10.2. The quantitative estimate of drug-likeness (QED) is 0.907. The van der Waals surface area contributed by atoms with Crippen molar-refractivity contribution in [1.29, 1.82) is 0 Å². The summed E-state index contributed by atoms with van der Waals surface area (Å²) >= 11 is 5.88. The molecule has 5 heteroatoms. The molecule has 1 aliphatic heterocycles. The third-order valence-corrected chi connectivity index (χ3v) is 4.45. The minimum atomic E-state index is -1.36. The Labute approximate surface area is 122 Å². The van der Waals surface area contributed by atoms with Crippen LogP contribution in [0.25, 0.3) is 0 Å². The Morgan fingerprint density at radius 2 is 1.90 bits per heavy atom. The van der Waals surface area contributed by atoms with Gasteiger partial charge in [-0.3, -0.25) is 0 Å². The fraction of sp³-hybridized carbons (Fsp3) is 0.533. The normalized spacial score (nSPS) is 31.8. The number of rotatable bonds is 2. The van der Waals surface area contributed by atoms with Crippen LogP contribution in [0.5, 0.6) is 0 Å². The molecule has 0 bridgehead atoms. The molecule has 0 aromatic heterocycles. The molecular formula is C15H17ClO4. The van der Waals surface area contributed by atoms with Crippen molar-refractivity contribution in [3.8, 4) is 0 Å². The van der Waals surface area contributed by atoms with Gasteiger partial charge < -0.3 is 14.6 Å². The van der Waals surface area contributed by atoms with Crippen molar-refractivity contribution < 1.29 is 19.4 Å². The van der Waals surface area contributed by atoms with Crippen LogP contribution in [0.3, 0.4) is 0 Å². The van der Waals surface area contributed by atoms with Gasteiger partial charge in [0.2, 0.25) is 0 Å². The molecule has 1 N–H and O–H groups in total. The largest absolute Gasteiger partial charge is 0.479 e. The number of benzene rings is 1. The number of hydrogen-bond acceptors (Lipinski definition) is 3. The van der Waals surface area contributed by atoms with Crippen LogP contribution in [0.4, 0.5) is 0 Å². The van der Waals surface area contributed by atoms with Gasteiger partial charge in [-0.05, 0) is 37.5 Å². The highest BCUT2D eigenvalue weighted by molar-refractivity contribution is 6.30. The number of ether oxygens (including phenoxy) is 2. The second-order valence-corrected chi connectivity index (χ2v) is 6.12. The van der Waals surface area contributed by atoms with Gasteiger partial charge in [-0.15, -0.1) is 0 Å².